The molecule has 1 aliphatic rings. The van der Waals surface area contributed by atoms with E-state index in [1.165, 1.54) is 12.3 Å². The predicted molar refractivity (Wildman–Crippen MR) is 66.4 cm³/mol. The highest BCUT2D eigenvalue weighted by molar-refractivity contribution is 7.89. The second kappa shape index (κ2) is 4.23. The summed E-state index contributed by atoms with van der Waals surface area (Å²) in [4.78, 5) is 4.00. The average Bonchev–Trinajstić information content (AvgIpc) is 2.30. The number of hydrogen-bond acceptors (Lipinski definition) is 3. The van der Waals surface area contributed by atoms with Gasteiger partial charge < -0.3 is 0 Å². The molecule has 2 atom stereocenters. The Morgan fingerprint density at radius 1 is 1.53 bits per heavy atom. The summed E-state index contributed by atoms with van der Waals surface area (Å²) in [7, 11) is -3.49. The van der Waals surface area contributed by atoms with E-state index in [-0.39, 0.29) is 21.7 Å². The Hall–Kier alpha value is -0.650. The molecule has 4 nitrogen and oxygen atoms in total. The molecule has 1 aromatic heterocycles. The van der Waals surface area contributed by atoms with E-state index in [2.05, 4.69) is 9.71 Å². The molecule has 0 radical (unpaired) electrons. The van der Waals surface area contributed by atoms with Gasteiger partial charge in [-0.2, -0.15) is 0 Å². The van der Waals surface area contributed by atoms with Crippen LogP contribution in [0.25, 0.3) is 0 Å². The highest BCUT2D eigenvalue weighted by Gasteiger charge is 2.48. The zero-order chi connectivity index (χ0) is 12.7. The van der Waals surface area contributed by atoms with Crippen molar-refractivity contribution in [2.24, 2.45) is 5.41 Å². The van der Waals surface area contributed by atoms with Gasteiger partial charge in [-0.1, -0.05) is 13.8 Å². The molecule has 0 bridgehead atoms. The lowest BCUT2D eigenvalue weighted by Gasteiger charge is -2.48. The minimum Gasteiger partial charge on any atom is -0.263 e. The molecule has 0 saturated heterocycles. The monoisotopic (exact) mass is 274 g/mol. The van der Waals surface area contributed by atoms with Crippen LogP contribution in [0.1, 0.15) is 20.3 Å². The molecule has 2 rings (SSSR count). The second-order valence-electron chi connectivity index (χ2n) is 4.89. The molecule has 94 valence electrons. The maximum Gasteiger partial charge on any atom is 0.242 e. The number of sulfonamides is 1. The molecule has 1 aliphatic carbocycles. The molecule has 2 unspecified atom stereocenters. The van der Waals surface area contributed by atoms with E-state index < -0.39 is 10.0 Å². The molecule has 0 aliphatic heterocycles. The Balaban J connectivity index is 2.15. The first-order valence-corrected chi connectivity index (χ1v) is 7.32. The van der Waals surface area contributed by atoms with Crippen molar-refractivity contribution in [2.45, 2.75) is 36.6 Å². The van der Waals surface area contributed by atoms with Crippen molar-refractivity contribution in [2.75, 3.05) is 0 Å². The van der Waals surface area contributed by atoms with E-state index >= 15 is 0 Å². The normalized spacial score (nSPS) is 27.5. The van der Waals surface area contributed by atoms with Crippen LogP contribution in [0.3, 0.4) is 0 Å². The smallest absolute Gasteiger partial charge is 0.242 e. The Labute approximate surface area is 106 Å². The van der Waals surface area contributed by atoms with Crippen LogP contribution in [-0.2, 0) is 10.0 Å². The lowest BCUT2D eigenvalue weighted by molar-refractivity contribution is 0.137. The minimum absolute atomic E-state index is 0.0177. The molecular weight excluding hydrogens is 260 g/mol. The van der Waals surface area contributed by atoms with Crippen LogP contribution >= 0.6 is 11.6 Å². The summed E-state index contributed by atoms with van der Waals surface area (Å²) in [5.74, 6) is 0. The summed E-state index contributed by atoms with van der Waals surface area (Å²) in [6.45, 7) is 3.93. The van der Waals surface area contributed by atoms with Crippen LogP contribution in [0.4, 0.5) is 0 Å². The Kier molecular flexibility index (Phi) is 3.18. The fraction of sp³-hybridized carbons (Fsp3) is 0.545. The Morgan fingerprint density at radius 3 is 2.71 bits per heavy atom. The van der Waals surface area contributed by atoms with E-state index in [9.17, 15) is 8.42 Å². The van der Waals surface area contributed by atoms with E-state index in [0.29, 0.717) is 6.42 Å². The molecule has 1 aromatic rings. The number of halogens is 1. The number of hydrogen-bond donors (Lipinski definition) is 1. The van der Waals surface area contributed by atoms with Gasteiger partial charge in [0.2, 0.25) is 10.0 Å². The van der Waals surface area contributed by atoms with E-state index in [1.807, 2.05) is 13.8 Å². The van der Waals surface area contributed by atoms with Gasteiger partial charge in [-0.15, -0.1) is 11.6 Å². The third-order valence-electron chi connectivity index (χ3n) is 3.39. The SMILES string of the molecule is CC1(C)C(Cl)CC1NS(=O)(=O)c1cccnc1. The van der Waals surface area contributed by atoms with Crippen LogP contribution in [0.2, 0.25) is 0 Å². The van der Waals surface area contributed by atoms with Gasteiger partial charge in [0.25, 0.3) is 0 Å². The number of nitrogens with zero attached hydrogens (tertiary/aromatic N) is 1. The van der Waals surface area contributed by atoms with E-state index in [4.69, 9.17) is 11.6 Å². The van der Waals surface area contributed by atoms with Gasteiger partial charge >= 0.3 is 0 Å². The van der Waals surface area contributed by atoms with Crippen molar-refractivity contribution in [1.82, 2.24) is 9.71 Å². The van der Waals surface area contributed by atoms with Crippen LogP contribution in [0, 0.1) is 5.41 Å². The number of rotatable bonds is 3. The molecular formula is C11H15ClN2O2S. The Morgan fingerprint density at radius 2 is 2.24 bits per heavy atom. The summed E-state index contributed by atoms with van der Waals surface area (Å²) in [5.41, 5.74) is -0.211. The molecule has 0 spiro atoms. The third-order valence-corrected chi connectivity index (χ3v) is 5.59. The molecule has 17 heavy (non-hydrogen) atoms. The summed E-state index contributed by atoms with van der Waals surface area (Å²) < 4.78 is 26.7. The Bertz CT molecular complexity index is 501. The van der Waals surface area contributed by atoms with Gasteiger partial charge in [0.1, 0.15) is 4.90 Å². The summed E-state index contributed by atoms with van der Waals surface area (Å²) in [6, 6.07) is 3.01. The van der Waals surface area contributed by atoms with Crippen molar-refractivity contribution in [3.63, 3.8) is 0 Å². The van der Waals surface area contributed by atoms with Crippen LogP contribution in [0.15, 0.2) is 29.4 Å². The van der Waals surface area contributed by atoms with Crippen molar-refractivity contribution in [3.05, 3.63) is 24.5 Å². The van der Waals surface area contributed by atoms with Gasteiger partial charge in [-0.25, -0.2) is 13.1 Å². The lowest BCUT2D eigenvalue weighted by Crippen LogP contribution is -2.59. The summed E-state index contributed by atoms with van der Waals surface area (Å²) >= 11 is 6.06. The van der Waals surface area contributed by atoms with E-state index in [1.54, 1.807) is 12.3 Å². The number of pyridine rings is 1. The van der Waals surface area contributed by atoms with E-state index in [0.717, 1.165) is 0 Å². The van der Waals surface area contributed by atoms with Gasteiger partial charge in [0, 0.05) is 23.8 Å². The maximum atomic E-state index is 12.0. The maximum absolute atomic E-state index is 12.0. The summed E-state index contributed by atoms with van der Waals surface area (Å²) in [5, 5.41) is 0.0177. The highest BCUT2D eigenvalue weighted by atomic mass is 35.5. The lowest BCUT2D eigenvalue weighted by atomic mass is 9.67. The standard InChI is InChI=1S/C11H15ClN2O2S/c1-11(2)9(12)6-10(11)14-17(15,16)8-4-3-5-13-7-8/h3-5,7,9-10,14H,6H2,1-2H3. The van der Waals surface area contributed by atoms with Crippen molar-refractivity contribution >= 4 is 21.6 Å². The number of aromatic nitrogens is 1. The zero-order valence-electron chi connectivity index (χ0n) is 9.72. The number of alkyl halides is 1. The summed E-state index contributed by atoms with van der Waals surface area (Å²) in [6.07, 6.45) is 3.54. The van der Waals surface area contributed by atoms with Crippen molar-refractivity contribution in [1.29, 1.82) is 0 Å². The average molecular weight is 275 g/mol. The second-order valence-corrected chi connectivity index (χ2v) is 7.13. The third kappa shape index (κ3) is 2.32. The highest BCUT2D eigenvalue weighted by Crippen LogP contribution is 2.44. The molecule has 6 heteroatoms. The zero-order valence-corrected chi connectivity index (χ0v) is 11.3. The van der Waals surface area contributed by atoms with Crippen LogP contribution in [-0.4, -0.2) is 24.8 Å². The largest absolute Gasteiger partial charge is 0.263 e. The first-order valence-electron chi connectivity index (χ1n) is 5.40. The molecule has 1 saturated carbocycles. The predicted octanol–water partition coefficient (Wildman–Crippen LogP) is 1.77. The minimum atomic E-state index is -3.49. The molecule has 0 amide bonds. The molecule has 1 heterocycles. The fourth-order valence-corrected chi connectivity index (χ4v) is 3.53. The van der Waals surface area contributed by atoms with Gasteiger partial charge in [-0.05, 0) is 24.0 Å². The van der Waals surface area contributed by atoms with Gasteiger partial charge in [-0.3, -0.25) is 4.98 Å². The first kappa shape index (κ1) is 12.8. The topological polar surface area (TPSA) is 59.1 Å². The first-order chi connectivity index (χ1) is 7.84. The van der Waals surface area contributed by atoms with Crippen molar-refractivity contribution < 1.29 is 8.42 Å². The van der Waals surface area contributed by atoms with Crippen molar-refractivity contribution in [3.8, 4) is 0 Å². The molecule has 1 fully saturated rings. The molecule has 1 N–H and O–H groups in total. The number of nitrogens with one attached hydrogen (secondary N) is 1. The van der Waals surface area contributed by atoms with Gasteiger partial charge in [0.05, 0.1) is 0 Å². The van der Waals surface area contributed by atoms with Gasteiger partial charge in [0.15, 0.2) is 0 Å². The fourth-order valence-electron chi connectivity index (χ4n) is 1.83. The van der Waals surface area contributed by atoms with Crippen LogP contribution < -0.4 is 4.72 Å². The van der Waals surface area contributed by atoms with Crippen LogP contribution in [0.5, 0.6) is 0 Å². The quantitative estimate of drug-likeness (QED) is 0.855. The molecule has 0 aromatic carbocycles.